The molecule has 0 saturated heterocycles. The molecule has 19 heavy (non-hydrogen) atoms. The molecule has 0 saturated carbocycles. The summed E-state index contributed by atoms with van der Waals surface area (Å²) in [7, 11) is 2.11. The molecule has 1 rings (SSSR count). The average Bonchev–Trinajstić information content (AvgIpc) is 2.47. The highest BCUT2D eigenvalue weighted by Gasteiger charge is 2.08. The first-order chi connectivity index (χ1) is 9.21. The number of anilines is 1. The molecule has 0 bridgehead atoms. The average molecular weight is 264 g/mol. The minimum Gasteiger partial charge on any atom is -0.395 e. The van der Waals surface area contributed by atoms with Gasteiger partial charge in [0.05, 0.1) is 6.61 Å². The standard InChI is InChI=1S/C16H28N2O/c1-4-11-17-15(13-19)10-12-18(3)16-8-6-14(5-2)7-9-16/h6-9,15,17,19H,4-5,10-13H2,1-3H3. The van der Waals surface area contributed by atoms with Crippen molar-refractivity contribution < 1.29 is 5.11 Å². The van der Waals surface area contributed by atoms with E-state index < -0.39 is 0 Å². The Balaban J connectivity index is 2.42. The fourth-order valence-corrected chi connectivity index (χ4v) is 2.07. The highest BCUT2D eigenvalue weighted by Crippen LogP contribution is 2.14. The number of nitrogens with one attached hydrogen (secondary N) is 1. The largest absolute Gasteiger partial charge is 0.395 e. The van der Waals surface area contributed by atoms with Crippen molar-refractivity contribution in [3.05, 3.63) is 29.8 Å². The molecule has 1 atom stereocenters. The second-order valence-electron chi connectivity index (χ2n) is 5.06. The lowest BCUT2D eigenvalue weighted by molar-refractivity contribution is 0.237. The van der Waals surface area contributed by atoms with Crippen molar-refractivity contribution in [3.63, 3.8) is 0 Å². The Morgan fingerprint density at radius 3 is 2.42 bits per heavy atom. The van der Waals surface area contributed by atoms with Crippen LogP contribution in [0.4, 0.5) is 5.69 Å². The first-order valence-corrected chi connectivity index (χ1v) is 7.35. The zero-order valence-corrected chi connectivity index (χ0v) is 12.5. The van der Waals surface area contributed by atoms with Gasteiger partial charge in [-0.1, -0.05) is 26.0 Å². The maximum atomic E-state index is 9.32. The van der Waals surface area contributed by atoms with Crippen LogP contribution in [0.5, 0.6) is 0 Å². The second-order valence-corrected chi connectivity index (χ2v) is 5.06. The quantitative estimate of drug-likeness (QED) is 0.719. The number of aliphatic hydroxyl groups is 1. The summed E-state index contributed by atoms with van der Waals surface area (Å²) >= 11 is 0. The molecule has 0 fully saturated rings. The van der Waals surface area contributed by atoms with Gasteiger partial charge in [-0.15, -0.1) is 0 Å². The van der Waals surface area contributed by atoms with E-state index >= 15 is 0 Å². The van der Waals surface area contributed by atoms with Gasteiger partial charge in [0.25, 0.3) is 0 Å². The predicted octanol–water partition coefficient (Wildman–Crippen LogP) is 2.44. The first kappa shape index (κ1) is 16.0. The summed E-state index contributed by atoms with van der Waals surface area (Å²) < 4.78 is 0. The van der Waals surface area contributed by atoms with Gasteiger partial charge in [0, 0.05) is 25.3 Å². The first-order valence-electron chi connectivity index (χ1n) is 7.35. The molecular formula is C16H28N2O. The van der Waals surface area contributed by atoms with E-state index in [0.717, 1.165) is 32.4 Å². The molecule has 0 radical (unpaired) electrons. The third-order valence-corrected chi connectivity index (χ3v) is 3.50. The van der Waals surface area contributed by atoms with Crippen LogP contribution in [0.3, 0.4) is 0 Å². The Bertz CT molecular complexity index is 337. The molecule has 3 heteroatoms. The minimum atomic E-state index is 0.206. The van der Waals surface area contributed by atoms with E-state index in [0.29, 0.717) is 0 Å². The van der Waals surface area contributed by atoms with Crippen LogP contribution in [0.25, 0.3) is 0 Å². The molecule has 0 aliphatic heterocycles. The Morgan fingerprint density at radius 2 is 1.89 bits per heavy atom. The van der Waals surface area contributed by atoms with Gasteiger partial charge in [0.1, 0.15) is 0 Å². The number of benzene rings is 1. The molecular weight excluding hydrogens is 236 g/mol. The van der Waals surface area contributed by atoms with Crippen LogP contribution in [0.15, 0.2) is 24.3 Å². The van der Waals surface area contributed by atoms with Gasteiger partial charge in [-0.05, 0) is 43.5 Å². The number of rotatable bonds is 9. The fraction of sp³-hybridized carbons (Fsp3) is 0.625. The van der Waals surface area contributed by atoms with Gasteiger partial charge < -0.3 is 15.3 Å². The third-order valence-electron chi connectivity index (χ3n) is 3.50. The molecule has 0 spiro atoms. The number of hydrogen-bond donors (Lipinski definition) is 2. The van der Waals surface area contributed by atoms with Crippen LogP contribution < -0.4 is 10.2 Å². The summed E-state index contributed by atoms with van der Waals surface area (Å²) in [6, 6.07) is 8.92. The summed E-state index contributed by atoms with van der Waals surface area (Å²) in [5.41, 5.74) is 2.61. The lowest BCUT2D eigenvalue weighted by atomic mass is 10.1. The highest BCUT2D eigenvalue weighted by molar-refractivity contribution is 5.46. The normalized spacial score (nSPS) is 12.4. The van der Waals surface area contributed by atoms with E-state index in [1.54, 1.807) is 0 Å². The van der Waals surface area contributed by atoms with Crippen LogP contribution in [0, 0.1) is 0 Å². The van der Waals surface area contributed by atoms with E-state index in [1.807, 2.05) is 0 Å². The number of nitrogens with zero attached hydrogens (tertiary/aromatic N) is 1. The molecule has 0 aliphatic rings. The Morgan fingerprint density at radius 1 is 1.21 bits per heavy atom. The van der Waals surface area contributed by atoms with Crippen LogP contribution in [0.1, 0.15) is 32.3 Å². The lowest BCUT2D eigenvalue weighted by Gasteiger charge is -2.23. The fourth-order valence-electron chi connectivity index (χ4n) is 2.07. The van der Waals surface area contributed by atoms with Gasteiger partial charge in [-0.2, -0.15) is 0 Å². The van der Waals surface area contributed by atoms with E-state index in [2.05, 4.69) is 55.4 Å². The molecule has 0 aliphatic carbocycles. The minimum absolute atomic E-state index is 0.206. The molecule has 1 unspecified atom stereocenters. The molecule has 2 N–H and O–H groups in total. The molecule has 1 aromatic rings. The predicted molar refractivity (Wildman–Crippen MR) is 82.9 cm³/mol. The van der Waals surface area contributed by atoms with Gasteiger partial charge in [-0.25, -0.2) is 0 Å². The van der Waals surface area contributed by atoms with Gasteiger partial charge in [0.2, 0.25) is 0 Å². The van der Waals surface area contributed by atoms with E-state index in [9.17, 15) is 5.11 Å². The van der Waals surface area contributed by atoms with E-state index in [4.69, 9.17) is 0 Å². The maximum Gasteiger partial charge on any atom is 0.0585 e. The summed E-state index contributed by atoms with van der Waals surface area (Å²) in [4.78, 5) is 2.25. The Kier molecular flexibility index (Phi) is 7.53. The topological polar surface area (TPSA) is 35.5 Å². The zero-order valence-electron chi connectivity index (χ0n) is 12.5. The molecule has 3 nitrogen and oxygen atoms in total. The highest BCUT2D eigenvalue weighted by atomic mass is 16.3. The van der Waals surface area contributed by atoms with Crippen molar-refractivity contribution in [2.45, 2.75) is 39.2 Å². The Hall–Kier alpha value is -1.06. The van der Waals surface area contributed by atoms with Crippen LogP contribution in [-0.2, 0) is 6.42 Å². The number of aryl methyl sites for hydroxylation is 1. The monoisotopic (exact) mass is 264 g/mol. The van der Waals surface area contributed by atoms with Crippen molar-refractivity contribution >= 4 is 5.69 Å². The van der Waals surface area contributed by atoms with Crippen molar-refractivity contribution in [1.29, 1.82) is 0 Å². The van der Waals surface area contributed by atoms with Crippen molar-refractivity contribution in [3.8, 4) is 0 Å². The number of hydrogen-bond acceptors (Lipinski definition) is 3. The third kappa shape index (κ3) is 5.62. The SMILES string of the molecule is CCCNC(CO)CCN(C)c1ccc(CC)cc1. The van der Waals surface area contributed by atoms with Crippen molar-refractivity contribution in [1.82, 2.24) is 5.32 Å². The van der Waals surface area contributed by atoms with Crippen molar-refractivity contribution in [2.24, 2.45) is 0 Å². The summed E-state index contributed by atoms with van der Waals surface area (Å²) in [6.45, 7) is 6.45. The molecule has 108 valence electrons. The van der Waals surface area contributed by atoms with Crippen LogP contribution >= 0.6 is 0 Å². The Labute approximate surface area is 117 Å². The molecule has 1 aromatic carbocycles. The smallest absolute Gasteiger partial charge is 0.0585 e. The van der Waals surface area contributed by atoms with Gasteiger partial charge >= 0.3 is 0 Å². The van der Waals surface area contributed by atoms with Gasteiger partial charge in [-0.3, -0.25) is 0 Å². The van der Waals surface area contributed by atoms with E-state index in [-0.39, 0.29) is 12.6 Å². The van der Waals surface area contributed by atoms with Crippen molar-refractivity contribution in [2.75, 3.05) is 31.6 Å². The van der Waals surface area contributed by atoms with Crippen LogP contribution in [-0.4, -0.2) is 37.9 Å². The summed E-state index contributed by atoms with van der Waals surface area (Å²) in [5, 5.41) is 12.7. The van der Waals surface area contributed by atoms with Crippen LogP contribution in [0.2, 0.25) is 0 Å². The molecule has 0 aromatic heterocycles. The summed E-state index contributed by atoms with van der Waals surface area (Å²) in [5.74, 6) is 0. The maximum absolute atomic E-state index is 9.32. The number of aliphatic hydroxyl groups excluding tert-OH is 1. The molecule has 0 amide bonds. The molecule has 0 heterocycles. The second kappa shape index (κ2) is 8.94. The van der Waals surface area contributed by atoms with E-state index in [1.165, 1.54) is 11.3 Å². The zero-order chi connectivity index (χ0) is 14.1. The van der Waals surface area contributed by atoms with Gasteiger partial charge in [0.15, 0.2) is 0 Å². The summed E-state index contributed by atoms with van der Waals surface area (Å²) in [6.07, 6.45) is 3.14. The lowest BCUT2D eigenvalue weighted by Crippen LogP contribution is -2.36.